The highest BCUT2D eigenvalue weighted by Gasteiger charge is 2.29. The van der Waals surface area contributed by atoms with Crippen molar-refractivity contribution in [3.05, 3.63) is 40.6 Å². The van der Waals surface area contributed by atoms with Gasteiger partial charge in [-0.25, -0.2) is 8.42 Å². The predicted octanol–water partition coefficient (Wildman–Crippen LogP) is 2.53. The van der Waals surface area contributed by atoms with Crippen molar-refractivity contribution in [1.82, 2.24) is 4.31 Å². The number of benzene rings is 1. The Balaban J connectivity index is 2.00. The quantitative estimate of drug-likeness (QED) is 0.763. The molecule has 0 atom stereocenters. The fourth-order valence-electron chi connectivity index (χ4n) is 2.35. The van der Waals surface area contributed by atoms with Crippen molar-refractivity contribution in [2.75, 3.05) is 33.4 Å². The number of sulfonamides is 1. The molecule has 2 heterocycles. The largest absolute Gasteiger partial charge is 0.497 e. The van der Waals surface area contributed by atoms with Gasteiger partial charge in [0.2, 0.25) is 10.0 Å². The number of nitrogens with zero attached hydrogens (tertiary/aromatic N) is 2. The normalized spacial score (nSPS) is 16.5. The number of hydrogen-bond donors (Lipinski definition) is 0. The standard InChI is InChI=1S/C16H18N2O4S2/c1-21-14-2-3-15(17-11-13-4-9-23-12-13)16(10-14)24(19,20)18-5-7-22-8-6-18/h2-4,9-12H,5-8H2,1H3. The van der Waals surface area contributed by atoms with Gasteiger partial charge in [-0.05, 0) is 29.0 Å². The first-order valence-corrected chi connectivity index (χ1v) is 9.82. The van der Waals surface area contributed by atoms with Crippen LogP contribution in [0.3, 0.4) is 0 Å². The Kier molecular flexibility index (Phi) is 5.30. The van der Waals surface area contributed by atoms with Crippen molar-refractivity contribution in [2.24, 2.45) is 4.99 Å². The molecule has 128 valence electrons. The average molecular weight is 366 g/mol. The Morgan fingerprint density at radius 3 is 2.75 bits per heavy atom. The monoisotopic (exact) mass is 366 g/mol. The van der Waals surface area contributed by atoms with Crippen LogP contribution in [0.25, 0.3) is 0 Å². The van der Waals surface area contributed by atoms with Crippen LogP contribution >= 0.6 is 11.3 Å². The van der Waals surface area contributed by atoms with Crippen molar-refractivity contribution >= 4 is 33.3 Å². The van der Waals surface area contributed by atoms with E-state index < -0.39 is 10.0 Å². The third-order valence-electron chi connectivity index (χ3n) is 3.65. The first-order chi connectivity index (χ1) is 11.6. The van der Waals surface area contributed by atoms with Crippen molar-refractivity contribution in [3.63, 3.8) is 0 Å². The second-order valence-electron chi connectivity index (χ2n) is 5.16. The molecule has 2 aromatic rings. The van der Waals surface area contributed by atoms with Crippen LogP contribution in [0.1, 0.15) is 5.56 Å². The minimum atomic E-state index is -3.65. The third-order valence-corrected chi connectivity index (χ3v) is 6.28. The molecule has 0 radical (unpaired) electrons. The molecule has 0 N–H and O–H groups in total. The molecule has 0 aliphatic carbocycles. The number of aliphatic imine (C=N–C) groups is 1. The fraction of sp³-hybridized carbons (Fsp3) is 0.312. The van der Waals surface area contributed by atoms with Crippen molar-refractivity contribution < 1.29 is 17.9 Å². The Morgan fingerprint density at radius 1 is 1.29 bits per heavy atom. The van der Waals surface area contributed by atoms with Gasteiger partial charge in [0, 0.05) is 30.9 Å². The predicted molar refractivity (Wildman–Crippen MR) is 94.1 cm³/mol. The minimum Gasteiger partial charge on any atom is -0.497 e. The van der Waals surface area contributed by atoms with E-state index in [0.717, 1.165) is 5.56 Å². The van der Waals surface area contributed by atoms with E-state index >= 15 is 0 Å². The Labute approximate surface area is 145 Å². The average Bonchev–Trinajstić information content (AvgIpc) is 3.14. The molecule has 1 saturated heterocycles. The van der Waals surface area contributed by atoms with Crippen molar-refractivity contribution in [2.45, 2.75) is 4.90 Å². The van der Waals surface area contributed by atoms with E-state index in [0.29, 0.717) is 37.7 Å². The molecular weight excluding hydrogens is 348 g/mol. The maximum absolute atomic E-state index is 13.0. The molecule has 1 aromatic heterocycles. The maximum Gasteiger partial charge on any atom is 0.245 e. The van der Waals surface area contributed by atoms with Crippen LogP contribution in [0, 0.1) is 0 Å². The van der Waals surface area contributed by atoms with E-state index in [1.165, 1.54) is 17.5 Å². The summed E-state index contributed by atoms with van der Waals surface area (Å²) >= 11 is 1.56. The van der Waals surface area contributed by atoms with Crippen LogP contribution in [0.5, 0.6) is 5.75 Å². The molecule has 1 aliphatic heterocycles. The molecule has 0 amide bonds. The van der Waals surface area contributed by atoms with E-state index in [4.69, 9.17) is 9.47 Å². The summed E-state index contributed by atoms with van der Waals surface area (Å²) in [5.74, 6) is 0.483. The van der Waals surface area contributed by atoms with E-state index in [2.05, 4.69) is 4.99 Å². The van der Waals surface area contributed by atoms with Gasteiger partial charge in [0.05, 0.1) is 26.0 Å². The Bertz CT molecular complexity index is 811. The molecule has 6 nitrogen and oxygen atoms in total. The van der Waals surface area contributed by atoms with Gasteiger partial charge in [0.1, 0.15) is 10.6 Å². The van der Waals surface area contributed by atoms with Crippen LogP contribution in [-0.4, -0.2) is 52.4 Å². The van der Waals surface area contributed by atoms with Gasteiger partial charge >= 0.3 is 0 Å². The van der Waals surface area contributed by atoms with Gasteiger partial charge in [-0.3, -0.25) is 4.99 Å². The lowest BCUT2D eigenvalue weighted by atomic mass is 10.3. The van der Waals surface area contributed by atoms with Crippen LogP contribution in [-0.2, 0) is 14.8 Å². The molecule has 0 bridgehead atoms. The van der Waals surface area contributed by atoms with Gasteiger partial charge in [0.15, 0.2) is 0 Å². The molecule has 24 heavy (non-hydrogen) atoms. The first kappa shape index (κ1) is 17.1. The summed E-state index contributed by atoms with van der Waals surface area (Å²) in [6, 6.07) is 6.81. The smallest absolute Gasteiger partial charge is 0.245 e. The zero-order valence-corrected chi connectivity index (χ0v) is 14.8. The summed E-state index contributed by atoms with van der Waals surface area (Å²) in [6.07, 6.45) is 1.66. The Hall–Kier alpha value is -1.74. The molecule has 1 aliphatic rings. The highest BCUT2D eigenvalue weighted by atomic mass is 32.2. The van der Waals surface area contributed by atoms with Gasteiger partial charge in [-0.15, -0.1) is 0 Å². The van der Waals surface area contributed by atoms with Crippen LogP contribution in [0.4, 0.5) is 5.69 Å². The number of hydrogen-bond acceptors (Lipinski definition) is 6. The SMILES string of the molecule is COc1ccc(N=Cc2ccsc2)c(S(=O)(=O)N2CCOCC2)c1. The molecule has 1 fully saturated rings. The summed E-state index contributed by atoms with van der Waals surface area (Å²) in [7, 11) is -2.15. The van der Waals surface area contributed by atoms with Crippen LogP contribution in [0.2, 0.25) is 0 Å². The summed E-state index contributed by atoms with van der Waals surface area (Å²) < 4.78 is 37.8. The van der Waals surface area contributed by atoms with E-state index in [1.54, 1.807) is 29.7 Å². The summed E-state index contributed by atoms with van der Waals surface area (Å²) in [5.41, 5.74) is 1.33. The second kappa shape index (κ2) is 7.43. The number of rotatable bonds is 5. The summed E-state index contributed by atoms with van der Waals surface area (Å²) in [5, 5.41) is 3.89. The van der Waals surface area contributed by atoms with Crippen LogP contribution < -0.4 is 4.74 Å². The molecule has 0 saturated carbocycles. The van der Waals surface area contributed by atoms with Crippen molar-refractivity contribution in [3.8, 4) is 5.75 Å². The minimum absolute atomic E-state index is 0.148. The lowest BCUT2D eigenvalue weighted by Crippen LogP contribution is -2.40. The third kappa shape index (κ3) is 3.67. The molecule has 8 heteroatoms. The van der Waals surface area contributed by atoms with E-state index in [9.17, 15) is 8.42 Å². The van der Waals surface area contributed by atoms with Crippen molar-refractivity contribution in [1.29, 1.82) is 0 Å². The number of thiophene rings is 1. The summed E-state index contributed by atoms with van der Waals surface area (Å²) in [4.78, 5) is 4.52. The molecule has 0 unspecified atom stereocenters. The highest BCUT2D eigenvalue weighted by Crippen LogP contribution is 2.31. The molecule has 1 aromatic carbocycles. The number of methoxy groups -OCH3 is 1. The second-order valence-corrected chi connectivity index (χ2v) is 7.85. The zero-order valence-electron chi connectivity index (χ0n) is 13.2. The van der Waals surface area contributed by atoms with Gasteiger partial charge in [-0.1, -0.05) is 0 Å². The number of morpholine rings is 1. The number of ether oxygens (including phenoxy) is 2. The lowest BCUT2D eigenvalue weighted by Gasteiger charge is -2.26. The lowest BCUT2D eigenvalue weighted by molar-refractivity contribution is 0.0730. The molecule has 3 rings (SSSR count). The topological polar surface area (TPSA) is 68.2 Å². The van der Waals surface area contributed by atoms with Crippen LogP contribution in [0.15, 0.2) is 44.9 Å². The fourth-order valence-corrected chi connectivity index (χ4v) is 4.52. The van der Waals surface area contributed by atoms with Gasteiger partial charge in [-0.2, -0.15) is 15.6 Å². The molecular formula is C16H18N2O4S2. The van der Waals surface area contributed by atoms with E-state index in [-0.39, 0.29) is 4.90 Å². The van der Waals surface area contributed by atoms with Gasteiger partial charge in [0.25, 0.3) is 0 Å². The molecule has 0 spiro atoms. The zero-order chi connectivity index (χ0) is 17.0. The van der Waals surface area contributed by atoms with E-state index in [1.807, 2.05) is 16.8 Å². The van der Waals surface area contributed by atoms with Gasteiger partial charge < -0.3 is 9.47 Å². The summed E-state index contributed by atoms with van der Waals surface area (Å²) in [6.45, 7) is 1.48. The first-order valence-electron chi connectivity index (χ1n) is 7.43. The highest BCUT2D eigenvalue weighted by molar-refractivity contribution is 7.89. The maximum atomic E-state index is 13.0. The Morgan fingerprint density at radius 2 is 2.08 bits per heavy atom.